The van der Waals surface area contributed by atoms with Crippen molar-refractivity contribution in [1.29, 1.82) is 0 Å². The number of thioether (sulfide) groups is 1. The molecule has 4 nitrogen and oxygen atoms in total. The molecule has 1 saturated carbocycles. The lowest BCUT2D eigenvalue weighted by Gasteiger charge is -2.18. The molecule has 0 bridgehead atoms. The molecule has 5 heteroatoms. The van der Waals surface area contributed by atoms with Crippen LogP contribution in [0.5, 0.6) is 0 Å². The Morgan fingerprint density at radius 1 is 1.33 bits per heavy atom. The van der Waals surface area contributed by atoms with Crippen molar-refractivity contribution in [3.8, 4) is 0 Å². The number of nitrogens with one attached hydrogen (secondary N) is 1. The van der Waals surface area contributed by atoms with Crippen LogP contribution in [0.3, 0.4) is 0 Å². The summed E-state index contributed by atoms with van der Waals surface area (Å²) in [6, 6.07) is 0.172. The molecule has 18 heavy (non-hydrogen) atoms. The Morgan fingerprint density at radius 3 is 2.39 bits per heavy atom. The molecular formula is C13H23NO3S. The van der Waals surface area contributed by atoms with E-state index in [2.05, 4.69) is 5.32 Å². The van der Waals surface area contributed by atoms with Gasteiger partial charge >= 0.3 is 5.97 Å². The molecule has 0 aromatic carbocycles. The third-order valence-corrected chi connectivity index (χ3v) is 4.64. The molecule has 1 aliphatic carbocycles. The van der Waals surface area contributed by atoms with Gasteiger partial charge in [-0.1, -0.05) is 0 Å². The molecule has 1 amide bonds. The average Bonchev–Trinajstić information content (AvgIpc) is 3.05. The second-order valence-corrected chi connectivity index (χ2v) is 6.70. The van der Waals surface area contributed by atoms with Crippen molar-refractivity contribution in [3.63, 3.8) is 0 Å². The number of ether oxygens (including phenoxy) is 1. The number of amides is 1. The number of hydrogen-bond donors (Lipinski definition) is 1. The summed E-state index contributed by atoms with van der Waals surface area (Å²) in [5.41, 5.74) is 0.0874. The highest BCUT2D eigenvalue weighted by molar-refractivity contribution is 8.00. The number of methoxy groups -OCH3 is 1. The van der Waals surface area contributed by atoms with E-state index in [1.807, 2.05) is 20.8 Å². The second-order valence-electron chi connectivity index (χ2n) is 5.37. The molecule has 1 aliphatic rings. The van der Waals surface area contributed by atoms with Crippen LogP contribution in [0.25, 0.3) is 0 Å². The molecule has 1 unspecified atom stereocenters. The summed E-state index contributed by atoms with van der Waals surface area (Å²) in [7, 11) is 1.42. The fourth-order valence-electron chi connectivity index (χ4n) is 1.71. The SMILES string of the molecule is COC(=O)CC1(CSC(C)C(=O)NC(C)C)CC1. The molecule has 0 aromatic rings. The first kappa shape index (κ1) is 15.3. The molecule has 0 aromatic heterocycles. The third kappa shape index (κ3) is 4.88. The molecular weight excluding hydrogens is 250 g/mol. The Bertz CT molecular complexity index is 313. The van der Waals surface area contributed by atoms with E-state index in [-0.39, 0.29) is 28.6 Å². The van der Waals surface area contributed by atoms with Gasteiger partial charge in [0.1, 0.15) is 0 Å². The highest BCUT2D eigenvalue weighted by Crippen LogP contribution is 2.51. The van der Waals surface area contributed by atoms with Gasteiger partial charge in [0.25, 0.3) is 0 Å². The maximum Gasteiger partial charge on any atom is 0.306 e. The molecule has 0 saturated heterocycles. The molecule has 1 rings (SSSR count). The topological polar surface area (TPSA) is 55.4 Å². The number of hydrogen-bond acceptors (Lipinski definition) is 4. The molecule has 104 valence electrons. The Kier molecular flexibility index (Phi) is 5.50. The van der Waals surface area contributed by atoms with Gasteiger partial charge in [-0.25, -0.2) is 0 Å². The smallest absolute Gasteiger partial charge is 0.306 e. The Labute approximate surface area is 113 Å². The predicted molar refractivity (Wildman–Crippen MR) is 73.5 cm³/mol. The molecule has 1 N–H and O–H groups in total. The Hall–Kier alpha value is -0.710. The molecule has 0 spiro atoms. The quantitative estimate of drug-likeness (QED) is 0.721. The monoisotopic (exact) mass is 273 g/mol. The molecule has 1 fully saturated rings. The van der Waals surface area contributed by atoms with E-state index in [9.17, 15) is 9.59 Å². The second kappa shape index (κ2) is 6.45. The maximum atomic E-state index is 11.7. The van der Waals surface area contributed by atoms with Gasteiger partial charge in [0.2, 0.25) is 5.91 Å². The molecule has 0 heterocycles. The van der Waals surface area contributed by atoms with Gasteiger partial charge in [0, 0.05) is 11.8 Å². The first-order valence-corrected chi connectivity index (χ1v) is 7.42. The molecule has 0 aliphatic heterocycles. The van der Waals surface area contributed by atoms with Crippen molar-refractivity contribution in [3.05, 3.63) is 0 Å². The lowest BCUT2D eigenvalue weighted by Crippen LogP contribution is -2.36. The maximum absolute atomic E-state index is 11.7. The van der Waals surface area contributed by atoms with Gasteiger partial charge < -0.3 is 10.1 Å². The van der Waals surface area contributed by atoms with Gasteiger partial charge in [-0.15, -0.1) is 11.8 Å². The minimum Gasteiger partial charge on any atom is -0.469 e. The summed E-state index contributed by atoms with van der Waals surface area (Å²) in [6.07, 6.45) is 2.61. The highest BCUT2D eigenvalue weighted by Gasteiger charge is 2.45. The number of rotatable bonds is 7. The van der Waals surface area contributed by atoms with E-state index in [0.29, 0.717) is 6.42 Å². The first-order chi connectivity index (χ1) is 8.38. The predicted octanol–water partition coefficient (Wildman–Crippen LogP) is 1.98. The van der Waals surface area contributed by atoms with Crippen molar-refractivity contribution >= 4 is 23.6 Å². The Morgan fingerprint density at radius 2 is 1.94 bits per heavy atom. The van der Waals surface area contributed by atoms with Crippen LogP contribution >= 0.6 is 11.8 Å². The summed E-state index contributed by atoms with van der Waals surface area (Å²) in [5, 5.41) is 2.83. The minimum atomic E-state index is -0.146. The summed E-state index contributed by atoms with van der Waals surface area (Å²) >= 11 is 1.63. The fraction of sp³-hybridized carbons (Fsp3) is 0.846. The fourth-order valence-corrected chi connectivity index (χ4v) is 2.92. The van der Waals surface area contributed by atoms with Gasteiger partial charge in [0.15, 0.2) is 0 Å². The van der Waals surface area contributed by atoms with E-state index in [0.717, 1.165) is 18.6 Å². The van der Waals surface area contributed by atoms with E-state index in [4.69, 9.17) is 4.74 Å². The zero-order valence-corrected chi connectivity index (χ0v) is 12.4. The van der Waals surface area contributed by atoms with Crippen molar-refractivity contribution in [1.82, 2.24) is 5.32 Å². The lowest BCUT2D eigenvalue weighted by atomic mass is 10.1. The van der Waals surface area contributed by atoms with Crippen molar-refractivity contribution in [2.75, 3.05) is 12.9 Å². The van der Waals surface area contributed by atoms with Crippen LogP contribution in [-0.4, -0.2) is 36.0 Å². The van der Waals surface area contributed by atoms with Crippen LogP contribution in [0.2, 0.25) is 0 Å². The zero-order chi connectivity index (χ0) is 13.8. The standard InChI is InChI=1S/C13H23NO3S/c1-9(2)14-12(16)10(3)18-8-13(5-6-13)7-11(15)17-4/h9-10H,5-8H2,1-4H3,(H,14,16). The van der Waals surface area contributed by atoms with E-state index in [1.165, 1.54) is 7.11 Å². The number of carbonyl (C=O) groups is 2. The van der Waals surface area contributed by atoms with Crippen molar-refractivity contribution in [2.45, 2.75) is 51.3 Å². The van der Waals surface area contributed by atoms with Crippen LogP contribution in [0.15, 0.2) is 0 Å². The van der Waals surface area contributed by atoms with Crippen molar-refractivity contribution in [2.24, 2.45) is 5.41 Å². The summed E-state index contributed by atoms with van der Waals surface area (Å²) in [4.78, 5) is 23.0. The number of esters is 1. The van der Waals surface area contributed by atoms with Crippen LogP contribution < -0.4 is 5.32 Å². The average molecular weight is 273 g/mol. The molecule has 0 radical (unpaired) electrons. The Balaban J connectivity index is 2.32. The lowest BCUT2D eigenvalue weighted by molar-refractivity contribution is -0.141. The van der Waals surface area contributed by atoms with Gasteiger partial charge in [0.05, 0.1) is 18.8 Å². The highest BCUT2D eigenvalue weighted by atomic mass is 32.2. The summed E-state index contributed by atoms with van der Waals surface area (Å²) in [5.74, 6) is 0.783. The molecule has 1 atom stereocenters. The first-order valence-electron chi connectivity index (χ1n) is 6.37. The van der Waals surface area contributed by atoms with Gasteiger partial charge in [-0.3, -0.25) is 9.59 Å². The third-order valence-electron chi connectivity index (χ3n) is 3.14. The van der Waals surface area contributed by atoms with Crippen LogP contribution in [0.1, 0.15) is 40.0 Å². The van der Waals surface area contributed by atoms with E-state index < -0.39 is 0 Å². The van der Waals surface area contributed by atoms with Crippen molar-refractivity contribution < 1.29 is 14.3 Å². The van der Waals surface area contributed by atoms with Gasteiger partial charge in [-0.2, -0.15) is 0 Å². The summed E-state index contributed by atoms with van der Waals surface area (Å²) < 4.78 is 4.71. The zero-order valence-electron chi connectivity index (χ0n) is 11.6. The minimum absolute atomic E-state index is 0.0671. The largest absolute Gasteiger partial charge is 0.469 e. The summed E-state index contributed by atoms with van der Waals surface area (Å²) in [6.45, 7) is 5.82. The van der Waals surface area contributed by atoms with Crippen LogP contribution in [0, 0.1) is 5.41 Å². The van der Waals surface area contributed by atoms with Gasteiger partial charge in [-0.05, 0) is 39.0 Å². The van der Waals surface area contributed by atoms with E-state index in [1.54, 1.807) is 11.8 Å². The number of carbonyl (C=O) groups excluding carboxylic acids is 2. The normalized spacial score (nSPS) is 18.3. The van der Waals surface area contributed by atoms with Crippen LogP contribution in [0.4, 0.5) is 0 Å². The van der Waals surface area contributed by atoms with Crippen LogP contribution in [-0.2, 0) is 14.3 Å². The van der Waals surface area contributed by atoms with E-state index >= 15 is 0 Å².